The van der Waals surface area contributed by atoms with Crippen LogP contribution < -0.4 is 5.73 Å². The fourth-order valence-corrected chi connectivity index (χ4v) is 2.03. The van der Waals surface area contributed by atoms with Crippen LogP contribution in [0.1, 0.15) is 39.0 Å². The molecule has 0 aliphatic rings. The van der Waals surface area contributed by atoms with Crippen molar-refractivity contribution in [2.75, 3.05) is 40.5 Å². The van der Waals surface area contributed by atoms with Crippen LogP contribution in [0.2, 0.25) is 0 Å². The third-order valence-electron chi connectivity index (χ3n) is 3.14. The van der Waals surface area contributed by atoms with Gasteiger partial charge >= 0.3 is 0 Å². The highest BCUT2D eigenvalue weighted by Gasteiger charge is 2.19. The number of unbranched alkanes of at least 4 members (excludes halogenated alkanes) is 3. The van der Waals surface area contributed by atoms with Crippen molar-refractivity contribution in [2.24, 2.45) is 5.73 Å². The van der Waals surface area contributed by atoms with Crippen LogP contribution >= 0.6 is 0 Å². The van der Waals surface area contributed by atoms with Gasteiger partial charge in [-0.05, 0) is 26.3 Å². The number of nitrogens with two attached hydrogens (primary N) is 1. The molecule has 5 heteroatoms. The molecule has 0 saturated heterocycles. The van der Waals surface area contributed by atoms with Gasteiger partial charge in [0.15, 0.2) is 0 Å². The van der Waals surface area contributed by atoms with Crippen molar-refractivity contribution in [1.82, 2.24) is 4.90 Å². The highest BCUT2D eigenvalue weighted by molar-refractivity contribution is 5.76. The molecule has 114 valence electrons. The summed E-state index contributed by atoms with van der Waals surface area (Å²) in [5.41, 5.74) is 5.44. The molecule has 0 saturated carbocycles. The Morgan fingerprint density at radius 2 is 1.84 bits per heavy atom. The van der Waals surface area contributed by atoms with Crippen LogP contribution in [0.4, 0.5) is 0 Å². The second kappa shape index (κ2) is 12.4. The molecule has 0 bridgehead atoms. The van der Waals surface area contributed by atoms with Crippen molar-refractivity contribution in [3.05, 3.63) is 0 Å². The summed E-state index contributed by atoms with van der Waals surface area (Å²) in [5.74, 6) is 0.189. The summed E-state index contributed by atoms with van der Waals surface area (Å²) in [6, 6.07) is 0.0942. The summed E-state index contributed by atoms with van der Waals surface area (Å²) in [5, 5.41) is 0. The number of ether oxygens (including phenoxy) is 2. The molecule has 2 N–H and O–H groups in total. The van der Waals surface area contributed by atoms with Gasteiger partial charge < -0.3 is 20.1 Å². The fourth-order valence-electron chi connectivity index (χ4n) is 2.03. The normalized spacial score (nSPS) is 12.4. The van der Waals surface area contributed by atoms with E-state index in [1.54, 1.807) is 14.2 Å². The zero-order valence-corrected chi connectivity index (χ0v) is 12.7. The van der Waals surface area contributed by atoms with E-state index in [0.29, 0.717) is 26.2 Å². The van der Waals surface area contributed by atoms with E-state index >= 15 is 0 Å². The highest BCUT2D eigenvalue weighted by atomic mass is 16.5. The molecule has 0 aromatic carbocycles. The van der Waals surface area contributed by atoms with Gasteiger partial charge in [-0.2, -0.15) is 0 Å². The number of amides is 1. The first kappa shape index (κ1) is 18.4. The minimum atomic E-state index is 0.0942. The van der Waals surface area contributed by atoms with Gasteiger partial charge in [-0.25, -0.2) is 0 Å². The van der Waals surface area contributed by atoms with Crippen molar-refractivity contribution in [2.45, 2.75) is 45.1 Å². The SMILES string of the molecule is COCCN(C(=O)CCCCCCN)C(C)COC. The predicted octanol–water partition coefficient (Wildman–Crippen LogP) is 1.41. The Kier molecular flexibility index (Phi) is 12.0. The maximum absolute atomic E-state index is 12.2. The molecule has 0 rings (SSSR count). The van der Waals surface area contributed by atoms with E-state index in [-0.39, 0.29) is 11.9 Å². The van der Waals surface area contributed by atoms with Crippen LogP contribution in [0.25, 0.3) is 0 Å². The average Bonchev–Trinajstić information content (AvgIpc) is 2.39. The Morgan fingerprint density at radius 1 is 1.16 bits per heavy atom. The van der Waals surface area contributed by atoms with Gasteiger partial charge in [0.2, 0.25) is 5.91 Å². The van der Waals surface area contributed by atoms with E-state index < -0.39 is 0 Å². The first-order valence-corrected chi connectivity index (χ1v) is 7.14. The summed E-state index contributed by atoms with van der Waals surface area (Å²) < 4.78 is 10.2. The molecule has 0 aliphatic heterocycles. The summed E-state index contributed by atoms with van der Waals surface area (Å²) >= 11 is 0. The largest absolute Gasteiger partial charge is 0.383 e. The van der Waals surface area contributed by atoms with Gasteiger partial charge in [-0.15, -0.1) is 0 Å². The van der Waals surface area contributed by atoms with Gasteiger partial charge in [0.05, 0.1) is 19.3 Å². The molecule has 0 spiro atoms. The van der Waals surface area contributed by atoms with Crippen LogP contribution in [0.15, 0.2) is 0 Å². The third-order valence-corrected chi connectivity index (χ3v) is 3.14. The number of rotatable bonds is 12. The Morgan fingerprint density at radius 3 is 2.42 bits per heavy atom. The van der Waals surface area contributed by atoms with Gasteiger partial charge in [0.25, 0.3) is 0 Å². The molecular weight excluding hydrogens is 244 g/mol. The van der Waals surface area contributed by atoms with E-state index in [9.17, 15) is 4.79 Å². The minimum absolute atomic E-state index is 0.0942. The van der Waals surface area contributed by atoms with Crippen LogP contribution in [-0.2, 0) is 14.3 Å². The Labute approximate surface area is 117 Å². The summed E-state index contributed by atoms with van der Waals surface area (Å²) in [6.45, 7) is 4.49. The van der Waals surface area contributed by atoms with Crippen LogP contribution in [-0.4, -0.2) is 57.4 Å². The fraction of sp³-hybridized carbons (Fsp3) is 0.929. The topological polar surface area (TPSA) is 64.8 Å². The molecule has 0 aromatic rings. The first-order chi connectivity index (χ1) is 9.17. The summed E-state index contributed by atoms with van der Waals surface area (Å²) in [4.78, 5) is 14.0. The lowest BCUT2D eigenvalue weighted by atomic mass is 10.1. The van der Waals surface area contributed by atoms with Crippen LogP contribution in [0.3, 0.4) is 0 Å². The van der Waals surface area contributed by atoms with E-state index in [2.05, 4.69) is 0 Å². The van der Waals surface area contributed by atoms with Crippen LogP contribution in [0.5, 0.6) is 0 Å². The lowest BCUT2D eigenvalue weighted by Gasteiger charge is -2.28. The summed E-state index contributed by atoms with van der Waals surface area (Å²) in [7, 11) is 3.30. The average molecular weight is 274 g/mol. The number of hydrogen-bond acceptors (Lipinski definition) is 4. The van der Waals surface area contributed by atoms with Crippen LogP contribution in [0, 0.1) is 0 Å². The number of hydrogen-bond donors (Lipinski definition) is 1. The molecule has 0 aliphatic carbocycles. The predicted molar refractivity (Wildman–Crippen MR) is 77.1 cm³/mol. The molecular formula is C14H30N2O3. The van der Waals surface area contributed by atoms with Crippen molar-refractivity contribution >= 4 is 5.91 Å². The molecule has 19 heavy (non-hydrogen) atoms. The Balaban J connectivity index is 4.06. The standard InChI is InChI=1S/C14H30N2O3/c1-13(12-19-3)16(10-11-18-2)14(17)8-6-4-5-7-9-15/h13H,4-12,15H2,1-3H3. The number of carbonyl (C=O) groups is 1. The zero-order valence-electron chi connectivity index (χ0n) is 12.7. The second-order valence-corrected chi connectivity index (χ2v) is 4.84. The van der Waals surface area contributed by atoms with E-state index in [4.69, 9.17) is 15.2 Å². The molecule has 1 unspecified atom stereocenters. The molecule has 0 aromatic heterocycles. The monoisotopic (exact) mass is 274 g/mol. The maximum atomic E-state index is 12.2. The Bertz CT molecular complexity index is 225. The van der Waals surface area contributed by atoms with Gasteiger partial charge in [0, 0.05) is 27.2 Å². The van der Waals surface area contributed by atoms with Gasteiger partial charge in [0.1, 0.15) is 0 Å². The first-order valence-electron chi connectivity index (χ1n) is 7.14. The van der Waals surface area contributed by atoms with E-state index in [1.165, 1.54) is 0 Å². The minimum Gasteiger partial charge on any atom is -0.383 e. The second-order valence-electron chi connectivity index (χ2n) is 4.84. The smallest absolute Gasteiger partial charge is 0.222 e. The zero-order chi connectivity index (χ0) is 14.5. The van der Waals surface area contributed by atoms with E-state index in [1.807, 2.05) is 11.8 Å². The van der Waals surface area contributed by atoms with Crippen molar-refractivity contribution < 1.29 is 14.3 Å². The molecule has 1 atom stereocenters. The highest BCUT2D eigenvalue weighted by Crippen LogP contribution is 2.08. The maximum Gasteiger partial charge on any atom is 0.222 e. The molecule has 1 amide bonds. The molecule has 5 nitrogen and oxygen atoms in total. The quantitative estimate of drug-likeness (QED) is 0.546. The molecule has 0 heterocycles. The van der Waals surface area contributed by atoms with Gasteiger partial charge in [-0.1, -0.05) is 12.8 Å². The van der Waals surface area contributed by atoms with Crippen molar-refractivity contribution in [3.63, 3.8) is 0 Å². The lowest BCUT2D eigenvalue weighted by Crippen LogP contribution is -2.42. The number of nitrogens with zero attached hydrogens (tertiary/aromatic N) is 1. The van der Waals surface area contributed by atoms with Crippen molar-refractivity contribution in [3.8, 4) is 0 Å². The van der Waals surface area contributed by atoms with Gasteiger partial charge in [-0.3, -0.25) is 4.79 Å². The molecule has 0 radical (unpaired) electrons. The lowest BCUT2D eigenvalue weighted by molar-refractivity contribution is -0.135. The molecule has 0 fully saturated rings. The third kappa shape index (κ3) is 8.97. The Hall–Kier alpha value is -0.650. The van der Waals surface area contributed by atoms with E-state index in [0.717, 1.165) is 32.2 Å². The number of carbonyl (C=O) groups excluding carboxylic acids is 1. The summed E-state index contributed by atoms with van der Waals surface area (Å²) in [6.07, 6.45) is 4.75. The number of methoxy groups -OCH3 is 2. The van der Waals surface area contributed by atoms with Crippen molar-refractivity contribution in [1.29, 1.82) is 0 Å².